The van der Waals surface area contributed by atoms with E-state index in [1.54, 1.807) is 0 Å². The van der Waals surface area contributed by atoms with Gasteiger partial charge in [-0.3, -0.25) is 4.79 Å². The van der Waals surface area contributed by atoms with Crippen LogP contribution in [0.3, 0.4) is 0 Å². The van der Waals surface area contributed by atoms with E-state index < -0.39 is 152 Å². The molecule has 11 rings (SSSR count). The SMILES string of the molecule is Fc1c(F)c(F)c([B-](c2c(F)c(F)c(F)c(F)c2F)(c2c(F)c(F)c(F)c(F)c2F)c2c(F)c(F)c(F)c(F)c2F)c(F)c1F.O=C(C[P+](c1ccccc1)(c1ccccc1)c1ccccc1)c1ccc2ccc3cccc4ccc1c2c34. The number of rotatable bonds is 10. The third-order valence-electron chi connectivity index (χ3n) is 14.5. The first kappa shape index (κ1) is 57.5. The van der Waals surface area contributed by atoms with Crippen molar-refractivity contribution in [3.63, 3.8) is 0 Å². The topological polar surface area (TPSA) is 17.1 Å². The van der Waals surface area contributed by atoms with Crippen molar-refractivity contribution in [3.8, 4) is 0 Å². The van der Waals surface area contributed by atoms with Gasteiger partial charge in [0.25, 0.3) is 0 Å². The molecule has 0 aliphatic heterocycles. The normalized spacial score (nSPS) is 12.0. The minimum Gasteiger partial charge on any atom is -0.290 e. The zero-order valence-electron chi connectivity index (χ0n) is 41.1. The monoisotopic (exact) mass is 1180 g/mol. The molecule has 420 valence electrons. The minimum absolute atomic E-state index is 0.188. The van der Waals surface area contributed by atoms with Crippen molar-refractivity contribution in [1.82, 2.24) is 0 Å². The third kappa shape index (κ3) is 8.65. The summed E-state index contributed by atoms with van der Waals surface area (Å²) in [6.45, 7) is 0. The summed E-state index contributed by atoms with van der Waals surface area (Å²) in [5, 5.41) is 10.8. The highest BCUT2D eigenvalue weighted by molar-refractivity contribution is 7.96. The molecule has 83 heavy (non-hydrogen) atoms. The van der Waals surface area contributed by atoms with Crippen LogP contribution in [-0.4, -0.2) is 18.1 Å². The summed E-state index contributed by atoms with van der Waals surface area (Å²) in [5.41, 5.74) is -13.5. The summed E-state index contributed by atoms with van der Waals surface area (Å²) in [5.74, 6) is -71.2. The molecular formula is C60H26BF20OP. The fourth-order valence-electron chi connectivity index (χ4n) is 10.9. The summed E-state index contributed by atoms with van der Waals surface area (Å²) in [6.07, 6.45) is -6.78. The average molecular weight is 1180 g/mol. The Morgan fingerprint density at radius 1 is 0.277 bits per heavy atom. The zero-order chi connectivity index (χ0) is 59.9. The Labute approximate surface area is 454 Å². The molecular weight excluding hydrogens is 1160 g/mol. The number of hydrogen-bond acceptors (Lipinski definition) is 1. The quantitative estimate of drug-likeness (QED) is 0.0254. The van der Waals surface area contributed by atoms with Crippen LogP contribution in [0, 0.1) is 116 Å². The molecule has 0 saturated carbocycles. The Balaban J connectivity index is 0.000000187. The molecule has 11 aromatic rings. The second kappa shape index (κ2) is 21.5. The summed E-state index contributed by atoms with van der Waals surface area (Å²) in [7, 11) is -2.27. The fraction of sp³-hybridized carbons (Fsp3) is 0.0167. The second-order valence-electron chi connectivity index (χ2n) is 18.7. The van der Waals surface area contributed by atoms with Gasteiger partial charge in [-0.2, -0.15) is 0 Å². The molecule has 0 N–H and O–H groups in total. The van der Waals surface area contributed by atoms with Crippen LogP contribution in [0.25, 0.3) is 32.3 Å². The van der Waals surface area contributed by atoms with Gasteiger partial charge in [-0.05, 0) is 68.7 Å². The number of halogens is 20. The summed E-state index contributed by atoms with van der Waals surface area (Å²) in [4.78, 5) is 14.6. The first-order chi connectivity index (χ1) is 39.5. The average Bonchev–Trinajstić information content (AvgIpc) is 2.36. The standard InChI is InChI=1S/C36H26OP.C24BF20/c37-34(32-23-21-28-20-19-26-11-10-12-27-22-24-33(32)36(28)35(26)27)25-38(29-13-4-1-5-14-29,30-15-6-2-7-16-30)31-17-8-3-9-18-31;26-5-1(6(27)14(35)21(42)13(5)34)25(2-7(28)15(36)22(43)16(37)8(2)29,3-9(30)17(38)23(44)18(39)10(3)31)4-11(32)19(40)24(45)20(41)12(4)33/h1-24H,25H2;/q+1;-1. The van der Waals surface area contributed by atoms with Crippen molar-refractivity contribution in [3.05, 3.63) is 268 Å². The molecule has 0 fully saturated rings. The highest BCUT2D eigenvalue weighted by atomic mass is 31.2. The number of Topliss-reactive ketones (excluding diaryl/α,β-unsaturated/α-hetero) is 1. The maximum atomic E-state index is 15.4. The van der Waals surface area contributed by atoms with Gasteiger partial charge in [0.15, 0.2) is 69.8 Å². The first-order valence-electron chi connectivity index (χ1n) is 23.9. The van der Waals surface area contributed by atoms with Crippen LogP contribution in [0.4, 0.5) is 87.8 Å². The maximum absolute atomic E-state index is 15.4. The molecule has 0 aliphatic carbocycles. The lowest BCUT2D eigenvalue weighted by atomic mass is 9.12. The molecule has 0 bridgehead atoms. The Kier molecular flexibility index (Phi) is 14.9. The maximum Gasteiger partial charge on any atom is 0.201 e. The highest BCUT2D eigenvalue weighted by Crippen LogP contribution is 2.56. The Hall–Kier alpha value is -8.78. The van der Waals surface area contributed by atoms with Crippen molar-refractivity contribution in [1.29, 1.82) is 0 Å². The number of benzene rings is 11. The molecule has 0 aliphatic rings. The van der Waals surface area contributed by atoms with Crippen molar-refractivity contribution in [2.75, 3.05) is 6.16 Å². The van der Waals surface area contributed by atoms with Crippen molar-refractivity contribution >= 4 is 89.3 Å². The Morgan fingerprint density at radius 3 is 0.831 bits per heavy atom. The largest absolute Gasteiger partial charge is 0.290 e. The van der Waals surface area contributed by atoms with Crippen LogP contribution in [0.5, 0.6) is 0 Å². The van der Waals surface area contributed by atoms with Gasteiger partial charge >= 0.3 is 0 Å². The van der Waals surface area contributed by atoms with Gasteiger partial charge in [-0.1, -0.05) is 109 Å². The van der Waals surface area contributed by atoms with Crippen molar-refractivity contribution < 1.29 is 92.6 Å². The molecule has 0 radical (unpaired) electrons. The van der Waals surface area contributed by atoms with E-state index in [1.807, 2.05) is 6.07 Å². The van der Waals surface area contributed by atoms with E-state index >= 15 is 35.1 Å². The molecule has 23 heteroatoms. The molecule has 0 amide bonds. The number of carbonyl (C=O) groups excluding carboxylic acids is 1. The van der Waals surface area contributed by atoms with Crippen LogP contribution in [0.2, 0.25) is 0 Å². The van der Waals surface area contributed by atoms with Gasteiger partial charge in [-0.25, -0.2) is 87.8 Å². The van der Waals surface area contributed by atoms with Gasteiger partial charge in [0, 0.05) is 5.56 Å². The van der Waals surface area contributed by atoms with Gasteiger partial charge in [-0.15, -0.1) is 21.9 Å². The van der Waals surface area contributed by atoms with Gasteiger partial charge in [0.1, 0.15) is 82.0 Å². The first-order valence-corrected chi connectivity index (χ1v) is 25.9. The van der Waals surface area contributed by atoms with E-state index in [0.717, 1.165) is 10.9 Å². The molecule has 0 unspecified atom stereocenters. The molecule has 0 atom stereocenters. The number of carbonyl (C=O) groups is 1. The van der Waals surface area contributed by atoms with E-state index in [2.05, 4.69) is 140 Å². The molecule has 11 aromatic carbocycles. The summed E-state index contributed by atoms with van der Waals surface area (Å²) < 4.78 is 294. The number of ketones is 1. The predicted molar refractivity (Wildman–Crippen MR) is 274 cm³/mol. The van der Waals surface area contributed by atoms with Gasteiger partial charge in [0.05, 0.1) is 0 Å². The van der Waals surface area contributed by atoms with Crippen LogP contribution in [0.15, 0.2) is 146 Å². The third-order valence-corrected chi connectivity index (χ3v) is 18.8. The van der Waals surface area contributed by atoms with Crippen LogP contribution in [-0.2, 0) is 0 Å². The predicted octanol–water partition coefficient (Wildman–Crippen LogP) is 13.6. The van der Waals surface area contributed by atoms with Crippen molar-refractivity contribution in [2.45, 2.75) is 0 Å². The zero-order valence-corrected chi connectivity index (χ0v) is 42.0. The Morgan fingerprint density at radius 2 is 0.530 bits per heavy atom. The van der Waals surface area contributed by atoms with Crippen LogP contribution < -0.4 is 37.8 Å². The lowest BCUT2D eigenvalue weighted by Crippen LogP contribution is -2.81. The Bertz CT molecular complexity index is 3940. The van der Waals surface area contributed by atoms with E-state index in [0.29, 0.717) is 6.16 Å². The van der Waals surface area contributed by atoms with E-state index in [9.17, 15) is 57.5 Å². The van der Waals surface area contributed by atoms with E-state index in [-0.39, 0.29) is 5.78 Å². The van der Waals surface area contributed by atoms with Gasteiger partial charge in [0.2, 0.25) is 5.78 Å². The number of hydrogen-bond donors (Lipinski definition) is 0. The molecule has 0 spiro atoms. The molecule has 1 nitrogen and oxygen atoms in total. The van der Waals surface area contributed by atoms with Crippen molar-refractivity contribution in [2.24, 2.45) is 0 Å². The van der Waals surface area contributed by atoms with Crippen LogP contribution >= 0.6 is 7.26 Å². The smallest absolute Gasteiger partial charge is 0.201 e. The minimum atomic E-state index is -7.22. The molecule has 0 saturated heterocycles. The lowest BCUT2D eigenvalue weighted by molar-refractivity contribution is 0.102. The van der Waals surface area contributed by atoms with E-state index in [4.69, 9.17) is 0 Å². The second-order valence-corrected chi connectivity index (χ2v) is 22.2. The molecule has 0 heterocycles. The fourth-order valence-corrected chi connectivity index (χ4v) is 15.0. The summed E-state index contributed by atoms with van der Waals surface area (Å²) >= 11 is 0. The van der Waals surface area contributed by atoms with Gasteiger partial charge < -0.3 is 0 Å². The van der Waals surface area contributed by atoms with Crippen LogP contribution in [0.1, 0.15) is 10.4 Å². The summed E-state index contributed by atoms with van der Waals surface area (Å²) in [6, 6.07) is 51.2. The lowest BCUT2D eigenvalue weighted by Gasteiger charge is -2.44. The molecule has 0 aromatic heterocycles. The van der Waals surface area contributed by atoms with E-state index in [1.165, 1.54) is 42.8 Å². The highest BCUT2D eigenvalue weighted by Gasteiger charge is 2.53.